The van der Waals surface area contributed by atoms with E-state index in [9.17, 15) is 4.79 Å². The third-order valence-electron chi connectivity index (χ3n) is 4.46. The average Bonchev–Trinajstić information content (AvgIpc) is 3.18. The SMILES string of the molecule is O=C(Cc1csc2nc(-c3ccc(Cl)cc3)cn12)N1CCCCC1. The molecule has 0 bridgehead atoms. The van der Waals surface area contributed by atoms with Crippen LogP contribution in [0.25, 0.3) is 16.2 Å². The number of likely N-dealkylation sites (tertiary alicyclic amines) is 1. The van der Waals surface area contributed by atoms with Gasteiger partial charge in [-0.3, -0.25) is 9.20 Å². The van der Waals surface area contributed by atoms with Crippen LogP contribution in [0.2, 0.25) is 5.02 Å². The van der Waals surface area contributed by atoms with Crippen LogP contribution in [-0.2, 0) is 11.2 Å². The zero-order valence-corrected chi connectivity index (χ0v) is 14.8. The van der Waals surface area contributed by atoms with Crippen LogP contribution < -0.4 is 0 Å². The monoisotopic (exact) mass is 359 g/mol. The van der Waals surface area contributed by atoms with E-state index in [2.05, 4.69) is 4.98 Å². The van der Waals surface area contributed by atoms with E-state index in [1.54, 1.807) is 11.3 Å². The molecule has 0 unspecified atom stereocenters. The second-order valence-corrected chi connectivity index (χ2v) is 7.40. The Bertz CT molecular complexity index is 862. The molecule has 3 heterocycles. The molecule has 6 heteroatoms. The number of thiazole rings is 1. The second kappa shape index (κ2) is 6.57. The number of imidazole rings is 1. The molecule has 0 radical (unpaired) electrons. The number of halogens is 1. The molecule has 1 aliphatic rings. The van der Waals surface area contributed by atoms with Gasteiger partial charge in [0.05, 0.1) is 12.1 Å². The maximum atomic E-state index is 12.5. The fraction of sp³-hybridized carbons (Fsp3) is 0.333. The lowest BCUT2D eigenvalue weighted by Gasteiger charge is -2.26. The van der Waals surface area contributed by atoms with Crippen molar-refractivity contribution in [3.8, 4) is 11.3 Å². The number of hydrogen-bond donors (Lipinski definition) is 0. The van der Waals surface area contributed by atoms with Gasteiger partial charge in [0.25, 0.3) is 0 Å². The number of carbonyl (C=O) groups excluding carboxylic acids is 1. The van der Waals surface area contributed by atoms with Gasteiger partial charge >= 0.3 is 0 Å². The van der Waals surface area contributed by atoms with Crippen LogP contribution in [0.15, 0.2) is 35.8 Å². The summed E-state index contributed by atoms with van der Waals surface area (Å²) in [6.07, 6.45) is 5.93. The number of fused-ring (bicyclic) bond motifs is 1. The van der Waals surface area contributed by atoms with Crippen molar-refractivity contribution in [2.24, 2.45) is 0 Å². The zero-order chi connectivity index (χ0) is 16.5. The van der Waals surface area contributed by atoms with E-state index in [4.69, 9.17) is 11.6 Å². The van der Waals surface area contributed by atoms with Gasteiger partial charge in [-0.15, -0.1) is 11.3 Å². The first-order chi connectivity index (χ1) is 11.7. The Morgan fingerprint density at radius 2 is 1.92 bits per heavy atom. The van der Waals surface area contributed by atoms with Crippen molar-refractivity contribution in [3.05, 3.63) is 46.6 Å². The average molecular weight is 360 g/mol. The molecule has 0 saturated carbocycles. The molecule has 0 atom stereocenters. The number of carbonyl (C=O) groups is 1. The minimum Gasteiger partial charge on any atom is -0.342 e. The Morgan fingerprint density at radius 3 is 2.67 bits per heavy atom. The first kappa shape index (κ1) is 15.7. The van der Waals surface area contributed by atoms with E-state index in [-0.39, 0.29) is 5.91 Å². The Morgan fingerprint density at radius 1 is 1.17 bits per heavy atom. The fourth-order valence-corrected chi connectivity index (χ4v) is 4.13. The molecular formula is C18H18ClN3OS. The van der Waals surface area contributed by atoms with Gasteiger partial charge in [0.2, 0.25) is 5.91 Å². The van der Waals surface area contributed by atoms with Crippen LogP contribution in [0.5, 0.6) is 0 Å². The molecule has 1 aliphatic heterocycles. The van der Waals surface area contributed by atoms with Gasteiger partial charge < -0.3 is 4.90 Å². The largest absolute Gasteiger partial charge is 0.342 e. The number of aromatic nitrogens is 2. The topological polar surface area (TPSA) is 37.6 Å². The van der Waals surface area contributed by atoms with Crippen molar-refractivity contribution < 1.29 is 4.79 Å². The van der Waals surface area contributed by atoms with Crippen molar-refractivity contribution in [2.45, 2.75) is 25.7 Å². The lowest BCUT2D eigenvalue weighted by Crippen LogP contribution is -2.36. The molecule has 124 valence electrons. The number of benzene rings is 1. The highest BCUT2D eigenvalue weighted by atomic mass is 35.5. The van der Waals surface area contributed by atoms with E-state index in [0.717, 1.165) is 47.8 Å². The van der Waals surface area contributed by atoms with E-state index < -0.39 is 0 Å². The second-order valence-electron chi connectivity index (χ2n) is 6.13. The molecule has 1 fully saturated rings. The van der Waals surface area contributed by atoms with Crippen LogP contribution >= 0.6 is 22.9 Å². The van der Waals surface area contributed by atoms with Gasteiger partial charge in [0.15, 0.2) is 4.96 Å². The van der Waals surface area contributed by atoms with Crippen LogP contribution in [0.3, 0.4) is 0 Å². The third kappa shape index (κ3) is 3.06. The van der Waals surface area contributed by atoms with Gasteiger partial charge in [-0.05, 0) is 31.4 Å². The molecule has 3 aromatic rings. The summed E-state index contributed by atoms with van der Waals surface area (Å²) in [5.74, 6) is 0.219. The highest BCUT2D eigenvalue weighted by Crippen LogP contribution is 2.25. The van der Waals surface area contributed by atoms with Gasteiger partial charge in [0.1, 0.15) is 0 Å². The number of hydrogen-bond acceptors (Lipinski definition) is 3. The summed E-state index contributed by atoms with van der Waals surface area (Å²) < 4.78 is 2.04. The maximum absolute atomic E-state index is 12.5. The number of piperidine rings is 1. The molecule has 4 rings (SSSR count). The van der Waals surface area contributed by atoms with E-state index >= 15 is 0 Å². The van der Waals surface area contributed by atoms with Gasteiger partial charge in [0, 0.05) is 40.9 Å². The Hall–Kier alpha value is -1.85. The van der Waals surface area contributed by atoms with E-state index in [1.807, 2.05) is 45.1 Å². The van der Waals surface area contributed by atoms with Crippen LogP contribution in [0.1, 0.15) is 25.0 Å². The van der Waals surface area contributed by atoms with Crippen molar-refractivity contribution in [2.75, 3.05) is 13.1 Å². The molecule has 0 N–H and O–H groups in total. The first-order valence-corrected chi connectivity index (χ1v) is 9.46. The summed E-state index contributed by atoms with van der Waals surface area (Å²) in [7, 11) is 0. The quantitative estimate of drug-likeness (QED) is 0.700. The predicted octanol–water partition coefficient (Wildman–Crippen LogP) is 4.27. The summed E-state index contributed by atoms with van der Waals surface area (Å²) >= 11 is 7.52. The normalized spacial score (nSPS) is 15.1. The molecule has 1 aromatic carbocycles. The zero-order valence-electron chi connectivity index (χ0n) is 13.2. The lowest BCUT2D eigenvalue weighted by atomic mass is 10.1. The standard InChI is InChI=1S/C18H18ClN3OS/c19-14-6-4-13(5-7-14)16-11-22-15(12-24-18(22)20-16)10-17(23)21-8-2-1-3-9-21/h4-7,11-12H,1-3,8-10H2. The number of nitrogens with zero attached hydrogens (tertiary/aromatic N) is 3. The summed E-state index contributed by atoms with van der Waals surface area (Å²) in [5.41, 5.74) is 2.95. The highest BCUT2D eigenvalue weighted by Gasteiger charge is 2.19. The Kier molecular flexibility index (Phi) is 4.29. The molecule has 1 saturated heterocycles. The van der Waals surface area contributed by atoms with Crippen molar-refractivity contribution >= 4 is 33.8 Å². The minimum absolute atomic E-state index is 0.219. The van der Waals surface area contributed by atoms with Crippen LogP contribution in [0.4, 0.5) is 0 Å². The van der Waals surface area contributed by atoms with E-state index in [0.29, 0.717) is 11.4 Å². The minimum atomic E-state index is 0.219. The maximum Gasteiger partial charge on any atom is 0.228 e. The molecular weight excluding hydrogens is 342 g/mol. The summed E-state index contributed by atoms with van der Waals surface area (Å²) in [4.78, 5) is 20.1. The van der Waals surface area contributed by atoms with Crippen LogP contribution in [0, 0.1) is 0 Å². The smallest absolute Gasteiger partial charge is 0.228 e. The summed E-state index contributed by atoms with van der Waals surface area (Å²) in [6, 6.07) is 7.66. The molecule has 0 aliphatic carbocycles. The van der Waals surface area contributed by atoms with Crippen molar-refractivity contribution in [1.29, 1.82) is 0 Å². The Labute approximate surface area is 149 Å². The van der Waals surface area contributed by atoms with Crippen molar-refractivity contribution in [3.63, 3.8) is 0 Å². The van der Waals surface area contributed by atoms with Gasteiger partial charge in [-0.2, -0.15) is 0 Å². The van der Waals surface area contributed by atoms with Gasteiger partial charge in [-0.25, -0.2) is 4.98 Å². The first-order valence-electron chi connectivity index (χ1n) is 8.20. The lowest BCUT2D eigenvalue weighted by molar-refractivity contribution is -0.131. The number of amides is 1. The molecule has 4 nitrogen and oxygen atoms in total. The third-order valence-corrected chi connectivity index (χ3v) is 5.61. The molecule has 2 aromatic heterocycles. The van der Waals surface area contributed by atoms with Crippen molar-refractivity contribution in [1.82, 2.24) is 14.3 Å². The molecule has 0 spiro atoms. The Balaban J connectivity index is 1.58. The molecule has 24 heavy (non-hydrogen) atoms. The molecule has 1 amide bonds. The number of rotatable bonds is 3. The summed E-state index contributed by atoms with van der Waals surface area (Å²) in [5, 5.41) is 2.75. The van der Waals surface area contributed by atoms with Crippen LogP contribution in [-0.4, -0.2) is 33.3 Å². The highest BCUT2D eigenvalue weighted by molar-refractivity contribution is 7.15. The summed E-state index contributed by atoms with van der Waals surface area (Å²) in [6.45, 7) is 1.79. The van der Waals surface area contributed by atoms with Gasteiger partial charge in [-0.1, -0.05) is 23.7 Å². The fourth-order valence-electron chi connectivity index (χ4n) is 3.13. The predicted molar refractivity (Wildman–Crippen MR) is 97.7 cm³/mol. The van der Waals surface area contributed by atoms with E-state index in [1.165, 1.54) is 6.42 Å².